The molecule has 0 saturated carbocycles. The standard InChI is InChI=1S/C21H20F3NO3/c1-12(26)9-18-17(13-3-6-16(28-2)7-4-13)11-14-10-15(21(22,23)24)5-8-19(14)25-20(18)27/h3-8,10,17-18H,9,11H2,1-2H3,(H,25,27)/t17-,18+/m1/s1. The first-order valence-corrected chi connectivity index (χ1v) is 8.83. The largest absolute Gasteiger partial charge is 0.497 e. The van der Waals surface area contributed by atoms with E-state index in [9.17, 15) is 22.8 Å². The fraction of sp³-hybridized carbons (Fsp3) is 0.333. The second-order valence-electron chi connectivity index (χ2n) is 6.96. The van der Waals surface area contributed by atoms with Gasteiger partial charge in [0.1, 0.15) is 11.5 Å². The van der Waals surface area contributed by atoms with E-state index in [0.29, 0.717) is 17.0 Å². The zero-order valence-corrected chi connectivity index (χ0v) is 15.5. The van der Waals surface area contributed by atoms with Gasteiger partial charge in [0.15, 0.2) is 0 Å². The van der Waals surface area contributed by atoms with Gasteiger partial charge in [-0.15, -0.1) is 0 Å². The Balaban J connectivity index is 2.06. The summed E-state index contributed by atoms with van der Waals surface area (Å²) in [6, 6.07) is 10.3. The van der Waals surface area contributed by atoms with E-state index in [4.69, 9.17) is 4.74 Å². The van der Waals surface area contributed by atoms with E-state index in [1.165, 1.54) is 20.1 Å². The van der Waals surface area contributed by atoms with Gasteiger partial charge in [0, 0.05) is 18.0 Å². The normalized spacial score (nSPS) is 19.4. The Morgan fingerprint density at radius 3 is 2.43 bits per heavy atom. The predicted octanol–water partition coefficient (Wildman–Crippen LogP) is 4.59. The molecule has 28 heavy (non-hydrogen) atoms. The van der Waals surface area contributed by atoms with Crippen LogP contribution in [0.1, 0.15) is 36.0 Å². The minimum absolute atomic E-state index is 0.0165. The lowest BCUT2D eigenvalue weighted by Gasteiger charge is -2.23. The fourth-order valence-electron chi connectivity index (χ4n) is 3.59. The summed E-state index contributed by atoms with van der Waals surface area (Å²) in [4.78, 5) is 24.5. The maximum atomic E-state index is 13.1. The van der Waals surface area contributed by atoms with Crippen LogP contribution in [-0.2, 0) is 22.2 Å². The number of amides is 1. The first-order chi connectivity index (χ1) is 13.2. The van der Waals surface area contributed by atoms with Gasteiger partial charge in [-0.1, -0.05) is 12.1 Å². The summed E-state index contributed by atoms with van der Waals surface area (Å²) in [6.07, 6.45) is -4.25. The maximum Gasteiger partial charge on any atom is 0.416 e. The number of Topliss-reactive ketones (excluding diaryl/α,β-unsaturated/α-hetero) is 1. The zero-order valence-electron chi connectivity index (χ0n) is 15.5. The Morgan fingerprint density at radius 2 is 1.86 bits per heavy atom. The highest BCUT2D eigenvalue weighted by Gasteiger charge is 2.36. The van der Waals surface area contributed by atoms with Crippen molar-refractivity contribution in [3.8, 4) is 5.75 Å². The lowest BCUT2D eigenvalue weighted by atomic mass is 9.79. The molecule has 0 spiro atoms. The van der Waals surface area contributed by atoms with Crippen LogP contribution in [0.25, 0.3) is 0 Å². The number of ether oxygens (including phenoxy) is 1. The van der Waals surface area contributed by atoms with Crippen LogP contribution in [0.5, 0.6) is 5.75 Å². The second kappa shape index (κ2) is 7.66. The van der Waals surface area contributed by atoms with Crippen molar-refractivity contribution in [2.75, 3.05) is 12.4 Å². The van der Waals surface area contributed by atoms with E-state index in [1.807, 2.05) is 0 Å². The first kappa shape index (κ1) is 19.9. The summed E-state index contributed by atoms with van der Waals surface area (Å²) in [7, 11) is 1.53. The Hall–Kier alpha value is -2.83. The highest BCUT2D eigenvalue weighted by molar-refractivity contribution is 5.97. The minimum atomic E-state index is -4.47. The van der Waals surface area contributed by atoms with Crippen LogP contribution in [0.3, 0.4) is 0 Å². The van der Waals surface area contributed by atoms with Gasteiger partial charge in [0.25, 0.3) is 0 Å². The van der Waals surface area contributed by atoms with Crippen LogP contribution in [0.15, 0.2) is 42.5 Å². The van der Waals surface area contributed by atoms with Gasteiger partial charge in [-0.05, 0) is 54.8 Å². The molecule has 0 aliphatic carbocycles. The summed E-state index contributed by atoms with van der Waals surface area (Å²) in [6.45, 7) is 1.40. The molecule has 7 heteroatoms. The van der Waals surface area contributed by atoms with E-state index in [0.717, 1.165) is 17.7 Å². The molecule has 148 valence electrons. The van der Waals surface area contributed by atoms with E-state index in [1.54, 1.807) is 24.3 Å². The van der Waals surface area contributed by atoms with E-state index in [-0.39, 0.29) is 24.5 Å². The number of nitrogens with one attached hydrogen (secondary N) is 1. The Labute approximate surface area is 160 Å². The van der Waals surface area contributed by atoms with Crippen molar-refractivity contribution in [3.63, 3.8) is 0 Å². The van der Waals surface area contributed by atoms with Gasteiger partial charge >= 0.3 is 6.18 Å². The predicted molar refractivity (Wildman–Crippen MR) is 98.3 cm³/mol. The van der Waals surface area contributed by atoms with Crippen molar-refractivity contribution in [2.24, 2.45) is 5.92 Å². The van der Waals surface area contributed by atoms with Crippen LogP contribution >= 0.6 is 0 Å². The van der Waals surface area contributed by atoms with Gasteiger partial charge in [-0.3, -0.25) is 4.79 Å². The van der Waals surface area contributed by atoms with Crippen LogP contribution in [0.4, 0.5) is 18.9 Å². The number of carbonyl (C=O) groups excluding carboxylic acids is 2. The SMILES string of the molecule is COc1ccc([C@H]2Cc3cc(C(F)(F)F)ccc3NC(=O)[C@H]2CC(C)=O)cc1. The van der Waals surface area contributed by atoms with Crippen LogP contribution in [-0.4, -0.2) is 18.8 Å². The summed E-state index contributed by atoms with van der Waals surface area (Å²) >= 11 is 0. The lowest BCUT2D eigenvalue weighted by molar-refractivity contribution is -0.137. The number of methoxy groups -OCH3 is 1. The third-order valence-corrected chi connectivity index (χ3v) is 5.00. The lowest BCUT2D eigenvalue weighted by Crippen LogP contribution is -2.28. The molecule has 0 fully saturated rings. The summed E-state index contributed by atoms with van der Waals surface area (Å²) in [5.41, 5.74) is 0.754. The number of hydrogen-bond acceptors (Lipinski definition) is 3. The molecule has 3 rings (SSSR count). The highest BCUT2D eigenvalue weighted by Crippen LogP contribution is 2.40. The average Bonchev–Trinajstić information content (AvgIpc) is 2.77. The first-order valence-electron chi connectivity index (χ1n) is 8.83. The molecule has 0 radical (unpaired) electrons. The Bertz CT molecular complexity index is 891. The Morgan fingerprint density at radius 1 is 1.18 bits per heavy atom. The highest BCUT2D eigenvalue weighted by atomic mass is 19.4. The van der Waals surface area contributed by atoms with Crippen molar-refractivity contribution in [3.05, 3.63) is 59.2 Å². The average molecular weight is 391 g/mol. The maximum absolute atomic E-state index is 13.1. The van der Waals surface area contributed by atoms with Crippen molar-refractivity contribution >= 4 is 17.4 Å². The van der Waals surface area contributed by atoms with Crippen molar-refractivity contribution < 1.29 is 27.5 Å². The zero-order chi connectivity index (χ0) is 20.5. The molecule has 1 amide bonds. The van der Waals surface area contributed by atoms with Gasteiger partial charge in [0.05, 0.1) is 18.6 Å². The molecular formula is C21H20F3NO3. The number of halogens is 3. The number of alkyl halides is 3. The van der Waals surface area contributed by atoms with Gasteiger partial charge in [-0.25, -0.2) is 0 Å². The molecule has 4 nitrogen and oxygen atoms in total. The monoisotopic (exact) mass is 391 g/mol. The van der Waals surface area contributed by atoms with Gasteiger partial charge < -0.3 is 14.8 Å². The second-order valence-corrected chi connectivity index (χ2v) is 6.96. The van der Waals surface area contributed by atoms with Crippen molar-refractivity contribution in [2.45, 2.75) is 31.9 Å². The molecular weight excluding hydrogens is 371 g/mol. The Kier molecular flexibility index (Phi) is 5.45. The molecule has 1 N–H and O–H groups in total. The van der Waals surface area contributed by atoms with Crippen LogP contribution in [0, 0.1) is 5.92 Å². The van der Waals surface area contributed by atoms with Crippen molar-refractivity contribution in [1.29, 1.82) is 0 Å². The molecule has 2 aromatic carbocycles. The van der Waals surface area contributed by atoms with E-state index in [2.05, 4.69) is 5.32 Å². The third-order valence-electron chi connectivity index (χ3n) is 5.00. The smallest absolute Gasteiger partial charge is 0.416 e. The number of hydrogen-bond donors (Lipinski definition) is 1. The molecule has 1 heterocycles. The topological polar surface area (TPSA) is 55.4 Å². The van der Waals surface area contributed by atoms with Crippen LogP contribution < -0.4 is 10.1 Å². The summed E-state index contributed by atoms with van der Waals surface area (Å²) in [5, 5.41) is 2.70. The summed E-state index contributed by atoms with van der Waals surface area (Å²) < 4.78 is 44.6. The number of fused-ring (bicyclic) bond motifs is 1. The molecule has 2 aromatic rings. The molecule has 0 saturated heterocycles. The molecule has 1 aliphatic heterocycles. The molecule has 2 atom stereocenters. The third kappa shape index (κ3) is 4.18. The number of anilines is 1. The summed E-state index contributed by atoms with van der Waals surface area (Å²) in [5.74, 6) is -0.994. The fourth-order valence-corrected chi connectivity index (χ4v) is 3.59. The van der Waals surface area contributed by atoms with Crippen molar-refractivity contribution in [1.82, 2.24) is 0 Å². The molecule has 1 aliphatic rings. The molecule has 0 bridgehead atoms. The number of carbonyl (C=O) groups is 2. The number of rotatable bonds is 4. The minimum Gasteiger partial charge on any atom is -0.497 e. The van der Waals surface area contributed by atoms with Gasteiger partial charge in [-0.2, -0.15) is 13.2 Å². The molecule has 0 unspecified atom stereocenters. The number of ketones is 1. The van der Waals surface area contributed by atoms with E-state index >= 15 is 0 Å². The van der Waals surface area contributed by atoms with Gasteiger partial charge in [0.2, 0.25) is 5.91 Å². The quantitative estimate of drug-likeness (QED) is 0.830. The van der Waals surface area contributed by atoms with E-state index < -0.39 is 23.6 Å². The molecule has 0 aromatic heterocycles. The number of benzene rings is 2. The van der Waals surface area contributed by atoms with Crippen LogP contribution in [0.2, 0.25) is 0 Å².